The van der Waals surface area contributed by atoms with E-state index in [1.807, 2.05) is 31.2 Å². The summed E-state index contributed by atoms with van der Waals surface area (Å²) in [5.74, 6) is -0.550. The molecule has 0 aromatic heterocycles. The number of amides is 2. The molecule has 0 unspecified atom stereocenters. The molecule has 0 bridgehead atoms. The molecule has 2 N–H and O–H groups in total. The number of fused-ring (bicyclic) bond motifs is 1. The molecule has 2 aromatic carbocycles. The molecule has 2 heterocycles. The van der Waals surface area contributed by atoms with E-state index in [1.165, 1.54) is 10.4 Å². The third kappa shape index (κ3) is 4.60. The second-order valence-corrected chi connectivity index (χ2v) is 10.5. The lowest BCUT2D eigenvalue weighted by Gasteiger charge is -2.32. The van der Waals surface area contributed by atoms with Crippen molar-refractivity contribution >= 4 is 33.2 Å². The maximum atomic E-state index is 13.5. The highest BCUT2D eigenvalue weighted by molar-refractivity contribution is 7.89. The van der Waals surface area contributed by atoms with Crippen LogP contribution in [0, 0.1) is 12.8 Å². The first-order valence-corrected chi connectivity index (χ1v) is 12.7. The van der Waals surface area contributed by atoms with Gasteiger partial charge in [-0.05, 0) is 56.4 Å². The van der Waals surface area contributed by atoms with Gasteiger partial charge < -0.3 is 15.4 Å². The Morgan fingerprint density at radius 3 is 2.79 bits per heavy atom. The summed E-state index contributed by atoms with van der Waals surface area (Å²) in [5, 5.41) is 5.72. The fourth-order valence-corrected chi connectivity index (χ4v) is 6.07. The predicted octanol–water partition coefficient (Wildman–Crippen LogP) is 3.32. The van der Waals surface area contributed by atoms with Crippen molar-refractivity contribution in [3.05, 3.63) is 47.5 Å². The van der Waals surface area contributed by atoms with Crippen molar-refractivity contribution in [1.29, 1.82) is 0 Å². The first kappa shape index (κ1) is 23.3. The third-order valence-corrected chi connectivity index (χ3v) is 8.24. The number of piperidine rings is 1. The van der Waals surface area contributed by atoms with Gasteiger partial charge >= 0.3 is 0 Å². The molecule has 0 saturated carbocycles. The van der Waals surface area contributed by atoms with Crippen molar-refractivity contribution in [3.63, 3.8) is 0 Å². The van der Waals surface area contributed by atoms with Gasteiger partial charge in [-0.3, -0.25) is 9.59 Å². The van der Waals surface area contributed by atoms with E-state index in [1.54, 1.807) is 19.9 Å². The van der Waals surface area contributed by atoms with E-state index in [4.69, 9.17) is 4.74 Å². The average molecular weight is 472 g/mol. The lowest BCUT2D eigenvalue weighted by molar-refractivity contribution is -0.123. The van der Waals surface area contributed by atoms with Crippen molar-refractivity contribution < 1.29 is 22.7 Å². The first-order chi connectivity index (χ1) is 15.7. The number of carbonyl (C=O) groups is 2. The van der Waals surface area contributed by atoms with Crippen LogP contribution in [0.1, 0.15) is 37.8 Å². The molecule has 1 saturated heterocycles. The van der Waals surface area contributed by atoms with Gasteiger partial charge in [-0.2, -0.15) is 4.31 Å². The Labute approximate surface area is 194 Å². The van der Waals surface area contributed by atoms with Gasteiger partial charge in [0.05, 0.1) is 16.5 Å². The number of nitrogens with zero attached hydrogens (tertiary/aromatic N) is 1. The van der Waals surface area contributed by atoms with Crippen LogP contribution in [0.2, 0.25) is 0 Å². The zero-order valence-corrected chi connectivity index (χ0v) is 19.9. The Kier molecular flexibility index (Phi) is 6.45. The zero-order valence-electron chi connectivity index (χ0n) is 19.1. The number of rotatable bonds is 5. The van der Waals surface area contributed by atoms with Crippen LogP contribution in [0.5, 0.6) is 5.75 Å². The highest BCUT2D eigenvalue weighted by Gasteiger charge is 2.35. The van der Waals surface area contributed by atoms with Gasteiger partial charge in [-0.15, -0.1) is 0 Å². The summed E-state index contributed by atoms with van der Waals surface area (Å²) >= 11 is 0. The van der Waals surface area contributed by atoms with Gasteiger partial charge in [0.2, 0.25) is 15.9 Å². The second-order valence-electron chi connectivity index (χ2n) is 8.57. The van der Waals surface area contributed by atoms with Gasteiger partial charge in [-0.25, -0.2) is 8.42 Å². The smallest absolute Gasteiger partial charge is 0.265 e. The lowest BCUT2D eigenvalue weighted by atomic mass is 9.98. The standard InChI is InChI=1S/C24H29N3O5S/c1-4-17-8-5-6-10-19(17)25-24(29)18-9-7-11-27(14-18)33(30,31)22-13-21-20(12-15(22)2)26-23(28)16(3)32-21/h5-6,8,10,12-13,16,18H,4,7,9,11,14H2,1-3H3,(H,25,29)(H,26,28)/t16-,18+/m1/s1. The van der Waals surface area contributed by atoms with E-state index in [0.29, 0.717) is 36.4 Å². The number of aryl methyl sites for hydroxylation is 2. The molecule has 2 atom stereocenters. The van der Waals surface area contributed by atoms with Gasteiger partial charge in [0, 0.05) is 24.8 Å². The maximum absolute atomic E-state index is 13.5. The Hall–Kier alpha value is -2.91. The summed E-state index contributed by atoms with van der Waals surface area (Å²) in [6.07, 6.45) is 1.31. The van der Waals surface area contributed by atoms with Crippen LogP contribution >= 0.6 is 0 Å². The summed E-state index contributed by atoms with van der Waals surface area (Å²) in [4.78, 5) is 25.0. The average Bonchev–Trinajstić information content (AvgIpc) is 2.80. The molecule has 0 aliphatic carbocycles. The Morgan fingerprint density at radius 1 is 1.27 bits per heavy atom. The SMILES string of the molecule is CCc1ccccc1NC(=O)[C@H]1CCCN(S(=O)(=O)c2cc3c(cc2C)NC(=O)[C@@H](C)O3)C1. The zero-order chi connectivity index (χ0) is 23.8. The number of anilines is 2. The molecule has 8 nitrogen and oxygen atoms in total. The summed E-state index contributed by atoms with van der Waals surface area (Å²) in [6, 6.07) is 10.7. The molecule has 2 aliphatic heterocycles. The summed E-state index contributed by atoms with van der Waals surface area (Å²) in [6.45, 7) is 5.79. The number of hydrogen-bond donors (Lipinski definition) is 2. The van der Waals surface area contributed by atoms with Crippen LogP contribution in [0.25, 0.3) is 0 Å². The number of para-hydroxylation sites is 1. The topological polar surface area (TPSA) is 105 Å². The maximum Gasteiger partial charge on any atom is 0.265 e. The number of hydrogen-bond acceptors (Lipinski definition) is 5. The van der Waals surface area contributed by atoms with Crippen molar-refractivity contribution in [2.24, 2.45) is 5.92 Å². The second kappa shape index (κ2) is 9.15. The van der Waals surface area contributed by atoms with Gasteiger partial charge in [0.25, 0.3) is 5.91 Å². The minimum absolute atomic E-state index is 0.118. The van der Waals surface area contributed by atoms with Gasteiger partial charge in [-0.1, -0.05) is 25.1 Å². The Balaban J connectivity index is 1.55. The van der Waals surface area contributed by atoms with Crippen molar-refractivity contribution in [2.45, 2.75) is 51.0 Å². The molecule has 2 amide bonds. The Bertz CT molecular complexity index is 1190. The predicted molar refractivity (Wildman–Crippen MR) is 126 cm³/mol. The lowest BCUT2D eigenvalue weighted by Crippen LogP contribution is -2.44. The van der Waals surface area contributed by atoms with Gasteiger partial charge in [0.15, 0.2) is 6.10 Å². The summed E-state index contributed by atoms with van der Waals surface area (Å²) < 4.78 is 34.0. The molecule has 1 fully saturated rings. The van der Waals surface area contributed by atoms with E-state index >= 15 is 0 Å². The van der Waals surface area contributed by atoms with Crippen molar-refractivity contribution in [2.75, 3.05) is 23.7 Å². The summed E-state index contributed by atoms with van der Waals surface area (Å²) in [5.41, 5.74) is 2.77. The quantitative estimate of drug-likeness (QED) is 0.696. The van der Waals surface area contributed by atoms with E-state index in [2.05, 4.69) is 10.6 Å². The highest BCUT2D eigenvalue weighted by Crippen LogP contribution is 2.36. The number of sulfonamides is 1. The number of nitrogens with one attached hydrogen (secondary N) is 2. The van der Waals surface area contributed by atoms with Crippen LogP contribution in [0.3, 0.4) is 0 Å². The van der Waals surface area contributed by atoms with Crippen molar-refractivity contribution in [3.8, 4) is 5.75 Å². The van der Waals surface area contributed by atoms with Crippen LogP contribution in [-0.2, 0) is 26.0 Å². The first-order valence-electron chi connectivity index (χ1n) is 11.2. The Morgan fingerprint density at radius 2 is 2.03 bits per heavy atom. The fraction of sp³-hybridized carbons (Fsp3) is 0.417. The van der Waals surface area contributed by atoms with E-state index in [0.717, 1.165) is 17.7 Å². The minimum Gasteiger partial charge on any atom is -0.479 e. The van der Waals surface area contributed by atoms with E-state index < -0.39 is 22.0 Å². The summed E-state index contributed by atoms with van der Waals surface area (Å²) in [7, 11) is -3.85. The molecule has 0 spiro atoms. The number of carbonyl (C=O) groups excluding carboxylic acids is 2. The largest absolute Gasteiger partial charge is 0.479 e. The van der Waals surface area contributed by atoms with E-state index in [9.17, 15) is 18.0 Å². The molecule has 2 aromatic rings. The number of ether oxygens (including phenoxy) is 1. The highest BCUT2D eigenvalue weighted by atomic mass is 32.2. The normalized spacial score (nSPS) is 21.0. The molecule has 0 radical (unpaired) electrons. The molecule has 176 valence electrons. The van der Waals surface area contributed by atoms with Crippen LogP contribution < -0.4 is 15.4 Å². The number of benzene rings is 2. The molecular formula is C24H29N3O5S. The van der Waals surface area contributed by atoms with Gasteiger partial charge in [0.1, 0.15) is 5.75 Å². The minimum atomic E-state index is -3.85. The monoisotopic (exact) mass is 471 g/mol. The van der Waals surface area contributed by atoms with E-state index in [-0.39, 0.29) is 23.3 Å². The fourth-order valence-electron chi connectivity index (χ4n) is 4.32. The van der Waals surface area contributed by atoms with Crippen LogP contribution in [0.4, 0.5) is 11.4 Å². The van der Waals surface area contributed by atoms with Crippen LogP contribution in [0.15, 0.2) is 41.3 Å². The molecule has 9 heteroatoms. The molecule has 4 rings (SSSR count). The molecular weight excluding hydrogens is 442 g/mol. The van der Waals surface area contributed by atoms with Crippen LogP contribution in [-0.4, -0.2) is 43.7 Å². The molecule has 33 heavy (non-hydrogen) atoms. The van der Waals surface area contributed by atoms with Crippen molar-refractivity contribution in [1.82, 2.24) is 4.31 Å². The molecule has 2 aliphatic rings. The third-order valence-electron chi connectivity index (χ3n) is 6.24.